The SMILES string of the molecule is Nc1nc(CN2CCN(C(=O)CCC3CCCCC3)CC2)nc2ccccc12. The van der Waals surface area contributed by atoms with Gasteiger partial charge in [-0.25, -0.2) is 9.97 Å². The van der Waals surface area contributed by atoms with E-state index in [9.17, 15) is 4.79 Å². The van der Waals surface area contributed by atoms with Crippen molar-refractivity contribution < 1.29 is 4.79 Å². The molecule has 1 amide bonds. The van der Waals surface area contributed by atoms with Gasteiger partial charge >= 0.3 is 0 Å². The maximum atomic E-state index is 12.6. The van der Waals surface area contributed by atoms with Crippen LogP contribution in [0, 0.1) is 5.92 Å². The van der Waals surface area contributed by atoms with E-state index in [1.54, 1.807) is 0 Å². The highest BCUT2D eigenvalue weighted by atomic mass is 16.2. The van der Waals surface area contributed by atoms with Crippen LogP contribution in [-0.2, 0) is 11.3 Å². The van der Waals surface area contributed by atoms with E-state index in [1.165, 1.54) is 32.1 Å². The molecule has 1 saturated heterocycles. The summed E-state index contributed by atoms with van der Waals surface area (Å²) in [6.07, 6.45) is 8.49. The van der Waals surface area contributed by atoms with Crippen molar-refractivity contribution in [2.45, 2.75) is 51.5 Å². The minimum atomic E-state index is 0.330. The Labute approximate surface area is 167 Å². The van der Waals surface area contributed by atoms with Crippen LogP contribution in [0.4, 0.5) is 5.82 Å². The van der Waals surface area contributed by atoms with Crippen molar-refractivity contribution in [3.05, 3.63) is 30.1 Å². The first-order chi connectivity index (χ1) is 13.7. The van der Waals surface area contributed by atoms with E-state index < -0.39 is 0 Å². The van der Waals surface area contributed by atoms with E-state index in [1.807, 2.05) is 29.2 Å². The lowest BCUT2D eigenvalue weighted by Crippen LogP contribution is -2.48. The molecule has 0 atom stereocenters. The van der Waals surface area contributed by atoms with Gasteiger partial charge in [-0.1, -0.05) is 44.2 Å². The Kier molecular flexibility index (Phi) is 6.05. The number of piperazine rings is 1. The number of benzene rings is 1. The molecule has 0 unspecified atom stereocenters. The van der Waals surface area contributed by atoms with Crippen LogP contribution in [-0.4, -0.2) is 51.9 Å². The summed E-state index contributed by atoms with van der Waals surface area (Å²) in [5.41, 5.74) is 6.99. The fourth-order valence-corrected chi connectivity index (χ4v) is 4.54. The van der Waals surface area contributed by atoms with Crippen molar-refractivity contribution in [2.75, 3.05) is 31.9 Å². The van der Waals surface area contributed by atoms with Crippen molar-refractivity contribution in [1.82, 2.24) is 19.8 Å². The van der Waals surface area contributed by atoms with Crippen LogP contribution in [0.2, 0.25) is 0 Å². The Morgan fingerprint density at radius 2 is 1.79 bits per heavy atom. The predicted molar refractivity (Wildman–Crippen MR) is 112 cm³/mol. The third-order valence-corrected chi connectivity index (χ3v) is 6.26. The molecule has 0 bridgehead atoms. The third kappa shape index (κ3) is 4.61. The van der Waals surface area contributed by atoms with Gasteiger partial charge in [-0.2, -0.15) is 0 Å². The molecule has 1 aliphatic heterocycles. The molecular formula is C22H31N5O. The van der Waals surface area contributed by atoms with Gasteiger partial charge in [-0.15, -0.1) is 0 Å². The number of fused-ring (bicyclic) bond motifs is 1. The average molecular weight is 382 g/mol. The number of hydrogen-bond donors (Lipinski definition) is 1. The van der Waals surface area contributed by atoms with Crippen molar-refractivity contribution in [3.63, 3.8) is 0 Å². The number of nitrogens with two attached hydrogens (primary N) is 1. The summed E-state index contributed by atoms with van der Waals surface area (Å²) >= 11 is 0. The summed E-state index contributed by atoms with van der Waals surface area (Å²) in [7, 11) is 0. The summed E-state index contributed by atoms with van der Waals surface area (Å²) in [4.78, 5) is 26.0. The molecule has 1 saturated carbocycles. The number of para-hydroxylation sites is 1. The van der Waals surface area contributed by atoms with E-state index in [2.05, 4.69) is 14.9 Å². The maximum Gasteiger partial charge on any atom is 0.222 e. The molecule has 2 N–H and O–H groups in total. The summed E-state index contributed by atoms with van der Waals surface area (Å²) in [6.45, 7) is 4.01. The van der Waals surface area contributed by atoms with Crippen LogP contribution in [0.25, 0.3) is 10.9 Å². The minimum absolute atomic E-state index is 0.330. The van der Waals surface area contributed by atoms with E-state index >= 15 is 0 Å². The number of nitrogens with zero attached hydrogens (tertiary/aromatic N) is 4. The fraction of sp³-hybridized carbons (Fsp3) is 0.591. The summed E-state index contributed by atoms with van der Waals surface area (Å²) in [5.74, 6) is 2.40. The first-order valence-corrected chi connectivity index (χ1v) is 10.7. The molecule has 2 fully saturated rings. The Bertz CT molecular complexity index is 810. The van der Waals surface area contributed by atoms with Crippen LogP contribution in [0.15, 0.2) is 24.3 Å². The van der Waals surface area contributed by atoms with Gasteiger partial charge in [-0.05, 0) is 24.5 Å². The summed E-state index contributed by atoms with van der Waals surface area (Å²) < 4.78 is 0. The van der Waals surface area contributed by atoms with Crippen molar-refractivity contribution >= 4 is 22.6 Å². The molecule has 6 nitrogen and oxygen atoms in total. The molecule has 2 aromatic rings. The van der Waals surface area contributed by atoms with Gasteiger partial charge in [0.05, 0.1) is 12.1 Å². The van der Waals surface area contributed by atoms with Crippen LogP contribution < -0.4 is 5.73 Å². The molecular weight excluding hydrogens is 350 g/mol. The average Bonchev–Trinajstić information content (AvgIpc) is 2.73. The van der Waals surface area contributed by atoms with Gasteiger partial charge < -0.3 is 10.6 Å². The quantitative estimate of drug-likeness (QED) is 0.861. The lowest BCUT2D eigenvalue weighted by atomic mass is 9.86. The van der Waals surface area contributed by atoms with E-state index in [0.29, 0.717) is 18.3 Å². The molecule has 4 rings (SSSR count). The molecule has 0 radical (unpaired) electrons. The van der Waals surface area contributed by atoms with Crippen LogP contribution in [0.5, 0.6) is 0 Å². The summed E-state index contributed by atoms with van der Waals surface area (Å²) in [6, 6.07) is 7.84. The highest BCUT2D eigenvalue weighted by molar-refractivity contribution is 5.87. The third-order valence-electron chi connectivity index (χ3n) is 6.26. The molecule has 150 valence electrons. The maximum absolute atomic E-state index is 12.6. The second-order valence-electron chi connectivity index (χ2n) is 8.24. The number of amides is 1. The van der Waals surface area contributed by atoms with Gasteiger partial charge in [0.1, 0.15) is 11.6 Å². The highest BCUT2D eigenvalue weighted by Gasteiger charge is 2.23. The smallest absolute Gasteiger partial charge is 0.222 e. The number of nitrogen functional groups attached to an aromatic ring is 1. The zero-order chi connectivity index (χ0) is 19.3. The van der Waals surface area contributed by atoms with Crippen LogP contribution in [0.3, 0.4) is 0 Å². The lowest BCUT2D eigenvalue weighted by molar-refractivity contribution is -0.133. The second-order valence-corrected chi connectivity index (χ2v) is 8.24. The molecule has 28 heavy (non-hydrogen) atoms. The Hall–Kier alpha value is -2.21. The predicted octanol–water partition coefficient (Wildman–Crippen LogP) is 3.22. The standard InChI is InChI=1S/C22H31N5O/c23-22-18-8-4-5-9-19(18)24-20(25-22)16-26-12-14-27(15-13-26)21(28)11-10-17-6-2-1-3-7-17/h4-5,8-9,17H,1-3,6-7,10-16H2,(H2,23,24,25). The van der Waals surface area contributed by atoms with Gasteiger partial charge in [0.2, 0.25) is 5.91 Å². The molecule has 0 spiro atoms. The first-order valence-electron chi connectivity index (χ1n) is 10.7. The van der Waals surface area contributed by atoms with Gasteiger partial charge in [0, 0.05) is 38.0 Å². The Morgan fingerprint density at radius 3 is 2.57 bits per heavy atom. The summed E-state index contributed by atoms with van der Waals surface area (Å²) in [5, 5.41) is 0.902. The fourth-order valence-electron chi connectivity index (χ4n) is 4.54. The Morgan fingerprint density at radius 1 is 1.04 bits per heavy atom. The number of carbonyl (C=O) groups is 1. The molecule has 6 heteroatoms. The number of hydrogen-bond acceptors (Lipinski definition) is 5. The number of aromatic nitrogens is 2. The van der Waals surface area contributed by atoms with Crippen molar-refractivity contribution in [3.8, 4) is 0 Å². The van der Waals surface area contributed by atoms with Crippen LogP contribution in [0.1, 0.15) is 50.8 Å². The number of carbonyl (C=O) groups excluding carboxylic acids is 1. The van der Waals surface area contributed by atoms with Crippen molar-refractivity contribution in [2.24, 2.45) is 5.92 Å². The molecule has 1 aromatic carbocycles. The van der Waals surface area contributed by atoms with Crippen molar-refractivity contribution in [1.29, 1.82) is 0 Å². The Balaban J connectivity index is 1.26. The van der Waals surface area contributed by atoms with Gasteiger partial charge in [0.25, 0.3) is 0 Å². The second kappa shape index (κ2) is 8.86. The molecule has 2 aliphatic rings. The molecule has 2 heterocycles. The molecule has 1 aliphatic carbocycles. The van der Waals surface area contributed by atoms with E-state index in [4.69, 9.17) is 5.73 Å². The van der Waals surface area contributed by atoms with Gasteiger partial charge in [0.15, 0.2) is 0 Å². The molecule has 1 aromatic heterocycles. The largest absolute Gasteiger partial charge is 0.383 e. The number of rotatable bonds is 5. The highest BCUT2D eigenvalue weighted by Crippen LogP contribution is 2.27. The van der Waals surface area contributed by atoms with Gasteiger partial charge in [-0.3, -0.25) is 9.69 Å². The van der Waals surface area contributed by atoms with E-state index in [-0.39, 0.29) is 0 Å². The number of anilines is 1. The normalized spacial score (nSPS) is 19.2. The topological polar surface area (TPSA) is 75.3 Å². The first kappa shape index (κ1) is 19.1. The zero-order valence-electron chi connectivity index (χ0n) is 16.6. The monoisotopic (exact) mass is 381 g/mol. The lowest BCUT2D eigenvalue weighted by Gasteiger charge is -2.34. The van der Waals surface area contributed by atoms with Crippen LogP contribution >= 0.6 is 0 Å². The van der Waals surface area contributed by atoms with E-state index in [0.717, 1.165) is 61.7 Å². The minimum Gasteiger partial charge on any atom is -0.383 e. The zero-order valence-corrected chi connectivity index (χ0v) is 16.6.